The molecule has 0 unspecified atom stereocenters. The van der Waals surface area contributed by atoms with Crippen LogP contribution in [0.3, 0.4) is 0 Å². The van der Waals surface area contributed by atoms with Gasteiger partial charge in [0.2, 0.25) is 100 Å². The molecule has 0 aliphatic rings. The number of unbranched alkanes of at least 4 members (excludes halogenated alkanes) is 2. The van der Waals surface area contributed by atoms with Crippen LogP contribution in [0.1, 0.15) is 143 Å². The summed E-state index contributed by atoms with van der Waals surface area (Å²) in [6.07, 6.45) is -3.47. The summed E-state index contributed by atoms with van der Waals surface area (Å²) in [6, 6.07) is -4.37. The van der Waals surface area contributed by atoms with Gasteiger partial charge in [-0.05, 0) is 141 Å². The average molecular weight is 1810 g/mol. The van der Waals surface area contributed by atoms with Crippen molar-refractivity contribution >= 4 is 124 Å². The summed E-state index contributed by atoms with van der Waals surface area (Å²) in [4.78, 5) is 262. The number of aliphatic hydroxyl groups is 2. The molecule has 0 aliphatic carbocycles. The number of benzene rings is 2. The van der Waals surface area contributed by atoms with Crippen LogP contribution in [0.4, 0.5) is 0 Å². The Labute approximate surface area is 738 Å². The fraction of sp³-hybridized carbons (Fsp3) is 0.582. The highest BCUT2D eigenvalue weighted by atomic mass is 16.4. The predicted octanol–water partition coefficient (Wildman–Crippen LogP) is -10.9. The van der Waals surface area contributed by atoms with Gasteiger partial charge < -0.3 is 151 Å². The number of nitrogens with zero attached hydrogens (tertiary/aromatic N) is 2. The Morgan fingerprint density at radius 1 is 0.359 bits per heavy atom. The van der Waals surface area contributed by atoms with Gasteiger partial charge in [0.05, 0.1) is 44.8 Å². The third-order valence-electron chi connectivity index (χ3n) is 19.0. The number of guanidine groups is 2. The molecular formula is C79H128N26O23. The number of hydrogen-bond donors (Lipinski definition) is 28. The number of nitrogens with two attached hydrogens (primary N) is 8. The quantitative estimate of drug-likeness (QED) is 0.0166. The van der Waals surface area contributed by atoms with E-state index < -0.39 is 249 Å². The minimum atomic E-state index is -1.88. The predicted molar refractivity (Wildman–Crippen MR) is 462 cm³/mol. The summed E-state index contributed by atoms with van der Waals surface area (Å²) in [5, 5.41) is 78.2. The second-order valence-corrected chi connectivity index (χ2v) is 30.5. The third kappa shape index (κ3) is 45.0. The second kappa shape index (κ2) is 59.6. The summed E-state index contributed by atoms with van der Waals surface area (Å²) in [6.45, 7) is 5.00. The number of carbonyl (C=O) groups excluding carboxylic acids is 17. The topological polar surface area (TPSA) is 831 Å². The number of carbonyl (C=O) groups is 19. The van der Waals surface area contributed by atoms with Crippen molar-refractivity contribution < 1.29 is 112 Å². The van der Waals surface area contributed by atoms with Gasteiger partial charge in [-0.3, -0.25) is 101 Å². The number of primary amides is 1. The molecule has 0 aromatic heterocycles. The van der Waals surface area contributed by atoms with Crippen LogP contribution in [-0.4, -0.2) is 288 Å². The van der Waals surface area contributed by atoms with E-state index in [1.807, 2.05) is 0 Å². The van der Waals surface area contributed by atoms with E-state index in [-0.39, 0.29) is 115 Å². The first kappa shape index (κ1) is 111. The van der Waals surface area contributed by atoms with Gasteiger partial charge in [0, 0.05) is 25.9 Å². The fourth-order valence-corrected chi connectivity index (χ4v) is 12.0. The van der Waals surface area contributed by atoms with Crippen molar-refractivity contribution in [3.05, 3.63) is 71.8 Å². The highest BCUT2D eigenvalue weighted by Crippen LogP contribution is 2.14. The normalized spacial score (nSPS) is 14.4. The van der Waals surface area contributed by atoms with Crippen molar-refractivity contribution in [3.63, 3.8) is 0 Å². The largest absolute Gasteiger partial charge is 0.481 e. The Bertz CT molecular complexity index is 4100. The number of aliphatic carboxylic acids is 2. The lowest BCUT2D eigenvalue weighted by Gasteiger charge is -2.28. The number of amides is 17. The lowest BCUT2D eigenvalue weighted by molar-refractivity contribution is -0.141. The molecule has 0 aliphatic heterocycles. The number of carboxylic acid groups (broad SMARTS) is 2. The minimum absolute atomic E-state index is 0.0121. The minimum Gasteiger partial charge on any atom is -0.481 e. The molecule has 2 aromatic carbocycles. The lowest BCUT2D eigenvalue weighted by Crippen LogP contribution is -2.60. The molecule has 712 valence electrons. The Balaban J connectivity index is 2.31. The zero-order valence-corrected chi connectivity index (χ0v) is 72.5. The third-order valence-corrected chi connectivity index (χ3v) is 19.0. The fourth-order valence-electron chi connectivity index (χ4n) is 12.0. The molecule has 0 fully saturated rings. The van der Waals surface area contributed by atoms with Crippen LogP contribution in [-0.2, 0) is 104 Å². The highest BCUT2D eigenvalue weighted by molar-refractivity contribution is 6.01. The van der Waals surface area contributed by atoms with Crippen molar-refractivity contribution in [3.8, 4) is 0 Å². The van der Waals surface area contributed by atoms with Gasteiger partial charge >= 0.3 is 11.9 Å². The number of hydrogen-bond acceptors (Lipinski definition) is 26. The maximum Gasteiger partial charge on any atom is 0.305 e. The monoisotopic (exact) mass is 1810 g/mol. The maximum absolute atomic E-state index is 14.4. The smallest absolute Gasteiger partial charge is 0.305 e. The first-order valence-electron chi connectivity index (χ1n) is 41.5. The molecule has 0 bridgehead atoms. The van der Waals surface area contributed by atoms with E-state index in [4.69, 9.17) is 51.0 Å². The van der Waals surface area contributed by atoms with Gasteiger partial charge in [0.15, 0.2) is 11.9 Å². The van der Waals surface area contributed by atoms with Crippen LogP contribution in [0, 0.1) is 5.92 Å². The average Bonchev–Trinajstić information content (AvgIpc) is 0.848. The Morgan fingerprint density at radius 2 is 0.727 bits per heavy atom. The van der Waals surface area contributed by atoms with Crippen LogP contribution >= 0.6 is 0 Å². The summed E-state index contributed by atoms with van der Waals surface area (Å²) in [7, 11) is 0. The van der Waals surface area contributed by atoms with Gasteiger partial charge in [-0.15, -0.1) is 0 Å². The zero-order chi connectivity index (χ0) is 96.3. The molecule has 0 heterocycles. The molecule has 0 radical (unpaired) electrons. The SMILES string of the molecule is CC(C)C[C@H](NC(=O)[C@H](CCCCN)NC(=O)[C@H](CCCN=C(N)N)NC(=O)[C@H](C)NC(=O)[C@H](CO)NC(=O)[C@H](CCCCN)NC(=O)[C@H](CCCN=C(N)N)NC(=O)[C@H](C)NC(=O)CNC(=O)[C@@H](NC(=O)[C@H](Cc1ccccc1)NC(=O)CNC(=O)CNC(=O)[C@@H](N)Cc1ccccc1)[C@@H](C)O)C(=O)N[C@@H](C)C(=O)N[C@@H](CC(=O)O)C(=O)N[C@@H](CCC(=O)O)C(N)=O. The number of aliphatic hydroxyl groups excluding tert-OH is 2. The van der Waals surface area contributed by atoms with Crippen LogP contribution in [0.2, 0.25) is 0 Å². The van der Waals surface area contributed by atoms with Crippen LogP contribution < -0.4 is 131 Å². The van der Waals surface area contributed by atoms with E-state index in [9.17, 15) is 106 Å². The molecule has 0 saturated carbocycles. The van der Waals surface area contributed by atoms with Crippen LogP contribution in [0.15, 0.2) is 70.6 Å². The first-order chi connectivity index (χ1) is 60.4. The van der Waals surface area contributed by atoms with E-state index in [1.54, 1.807) is 74.5 Å². The molecule has 128 heavy (non-hydrogen) atoms. The van der Waals surface area contributed by atoms with Crippen molar-refractivity contribution in [2.75, 3.05) is 52.4 Å². The molecule has 2 aromatic rings. The van der Waals surface area contributed by atoms with E-state index in [2.05, 4.69) is 95.1 Å². The summed E-state index contributed by atoms with van der Waals surface area (Å²) >= 11 is 0. The Morgan fingerprint density at radius 3 is 1.16 bits per heavy atom. The van der Waals surface area contributed by atoms with E-state index in [0.717, 1.165) is 19.4 Å². The molecule has 36 N–H and O–H groups in total. The Hall–Kier alpha value is -13.3. The molecule has 0 saturated heterocycles. The number of carboxylic acids is 2. The number of rotatable bonds is 62. The molecule has 15 atom stereocenters. The van der Waals surface area contributed by atoms with Crippen molar-refractivity contribution in [2.45, 2.75) is 235 Å². The first-order valence-corrected chi connectivity index (χ1v) is 41.5. The van der Waals surface area contributed by atoms with Crippen molar-refractivity contribution in [2.24, 2.45) is 61.8 Å². The Kier molecular flexibility index (Phi) is 51.6. The standard InChI is InChI=1S/C79H128N26O23/c1-41(2)33-54(73(124)94-44(5)67(118)102-56(36-62(113)114)74(125)97-49(64(83)115)27-28-61(111)112)103-71(122)50(23-13-15-29-80)100-70(121)53(26-18-32-89-79(86)87)99-66(117)43(4)95-76(127)57(40-106)104-72(123)51(24-14-16-30-81)101-69(120)52(25-17-31-88-78(84)85)98-65(116)42(3)93-59(109)39-92-77(128)63(45(6)107)105-75(126)55(35-47-21-11-8-12-22-47)96-60(110)38-90-58(108)37-91-68(119)48(82)34-46-19-9-7-10-20-46/h7-12,19-22,41-45,48-57,63,106-107H,13-18,23-40,80-82H2,1-6H3,(H2,83,115)(H,90,108)(H,91,119)(H,92,128)(H,93,109)(H,94,124)(H,95,127)(H,96,110)(H,97,125)(H,98,116)(H,99,117)(H,100,121)(H,101,120)(H,102,118)(H,103,122)(H,104,123)(H,105,126)(H,111,112)(H,113,114)(H4,84,85,88)(H4,86,87,89)/t42-,43-,44-,45+,48-,49-,50-,51-,52-,53-,54-,55-,56-,57-,63-/m0/s1. The summed E-state index contributed by atoms with van der Waals surface area (Å²) in [5.74, 6) is -20.9. The summed E-state index contributed by atoms with van der Waals surface area (Å²) < 4.78 is 0. The molecule has 49 heteroatoms. The number of aliphatic imine (C=N–C) groups is 2. The molecule has 2 rings (SSSR count). The van der Waals surface area contributed by atoms with Gasteiger partial charge in [-0.2, -0.15) is 0 Å². The van der Waals surface area contributed by atoms with Gasteiger partial charge in [0.25, 0.3) is 0 Å². The van der Waals surface area contributed by atoms with Gasteiger partial charge in [0.1, 0.15) is 78.5 Å². The number of nitrogens with one attached hydrogen (secondary N) is 16. The van der Waals surface area contributed by atoms with E-state index in [1.165, 1.54) is 13.8 Å². The molecule has 17 amide bonds. The van der Waals surface area contributed by atoms with Crippen LogP contribution in [0.25, 0.3) is 0 Å². The van der Waals surface area contributed by atoms with E-state index in [0.29, 0.717) is 18.4 Å². The molecule has 0 spiro atoms. The van der Waals surface area contributed by atoms with Crippen LogP contribution in [0.5, 0.6) is 0 Å². The maximum atomic E-state index is 14.4. The highest BCUT2D eigenvalue weighted by Gasteiger charge is 2.38. The van der Waals surface area contributed by atoms with Crippen molar-refractivity contribution in [1.29, 1.82) is 0 Å². The van der Waals surface area contributed by atoms with Gasteiger partial charge in [-0.25, -0.2) is 0 Å². The van der Waals surface area contributed by atoms with Gasteiger partial charge in [-0.1, -0.05) is 74.5 Å². The summed E-state index contributed by atoms with van der Waals surface area (Å²) in [5.41, 5.74) is 46.3. The van der Waals surface area contributed by atoms with E-state index >= 15 is 0 Å². The van der Waals surface area contributed by atoms with Crippen molar-refractivity contribution in [1.82, 2.24) is 85.1 Å². The molecular weight excluding hydrogens is 1680 g/mol. The molecule has 49 nitrogen and oxygen atoms in total. The lowest BCUT2D eigenvalue weighted by atomic mass is 10.0. The zero-order valence-electron chi connectivity index (χ0n) is 72.5. The second-order valence-electron chi connectivity index (χ2n) is 30.5.